The lowest BCUT2D eigenvalue weighted by Gasteiger charge is -2.07. The second-order valence-corrected chi connectivity index (χ2v) is 4.81. The molecule has 1 rings (SSSR count). The van der Waals surface area contributed by atoms with Crippen LogP contribution in [0, 0.1) is 0 Å². The first-order chi connectivity index (χ1) is 7.11. The van der Waals surface area contributed by atoms with E-state index in [9.17, 15) is 4.79 Å². The van der Waals surface area contributed by atoms with Gasteiger partial charge in [0.05, 0.1) is 19.2 Å². The molecule has 1 aromatic heterocycles. The van der Waals surface area contributed by atoms with Crippen LogP contribution in [0.3, 0.4) is 0 Å². The molecule has 1 atom stereocenters. The minimum atomic E-state index is -0.156. The van der Waals surface area contributed by atoms with Gasteiger partial charge in [0.25, 0.3) is 0 Å². The number of aromatic nitrogens is 2. The summed E-state index contributed by atoms with van der Waals surface area (Å²) in [5, 5.41) is 4.52. The van der Waals surface area contributed by atoms with Crippen LogP contribution >= 0.6 is 11.8 Å². The van der Waals surface area contributed by atoms with Crippen LogP contribution in [0.15, 0.2) is 12.3 Å². The second kappa shape index (κ2) is 5.80. The Kier molecular flexibility index (Phi) is 4.68. The van der Waals surface area contributed by atoms with E-state index < -0.39 is 0 Å². The molecule has 0 N–H and O–H groups in total. The Morgan fingerprint density at radius 1 is 1.73 bits per heavy atom. The molecule has 0 radical (unpaired) electrons. The molecule has 0 aliphatic carbocycles. The van der Waals surface area contributed by atoms with E-state index in [0.29, 0.717) is 6.42 Å². The number of carbonyl (C=O) groups excluding carboxylic acids is 1. The zero-order chi connectivity index (χ0) is 11.3. The number of nitrogens with zero attached hydrogens (tertiary/aromatic N) is 2. The van der Waals surface area contributed by atoms with Crippen molar-refractivity contribution in [1.82, 2.24) is 9.78 Å². The summed E-state index contributed by atoms with van der Waals surface area (Å²) >= 11 is 1.71. The zero-order valence-electron chi connectivity index (χ0n) is 9.27. The summed E-state index contributed by atoms with van der Waals surface area (Å²) in [6, 6.07) is 1.98. The van der Waals surface area contributed by atoms with Crippen LogP contribution in [0.25, 0.3) is 0 Å². The van der Waals surface area contributed by atoms with Gasteiger partial charge in [0, 0.05) is 24.2 Å². The smallest absolute Gasteiger partial charge is 0.306 e. The van der Waals surface area contributed by atoms with Crippen LogP contribution in [0.4, 0.5) is 0 Å². The molecule has 0 spiro atoms. The quantitative estimate of drug-likeness (QED) is 0.718. The molecule has 0 aliphatic heterocycles. The van der Waals surface area contributed by atoms with Gasteiger partial charge in [0.2, 0.25) is 0 Å². The molecule has 1 aromatic rings. The van der Waals surface area contributed by atoms with E-state index >= 15 is 0 Å². The average molecular weight is 228 g/mol. The molecule has 1 unspecified atom stereocenters. The van der Waals surface area contributed by atoms with Gasteiger partial charge in [-0.15, -0.1) is 0 Å². The van der Waals surface area contributed by atoms with Gasteiger partial charge >= 0.3 is 5.97 Å². The Hall–Kier alpha value is -0.970. The van der Waals surface area contributed by atoms with Crippen molar-refractivity contribution < 1.29 is 9.53 Å². The number of aryl methyl sites for hydroxylation is 1. The Balaban J connectivity index is 2.28. The first kappa shape index (κ1) is 12.1. The van der Waals surface area contributed by atoms with Gasteiger partial charge in [0.1, 0.15) is 0 Å². The standard InChI is InChI=1S/C10H16N2O2S/c1-8(6-10(13)14-3)15-7-9-4-5-12(2)11-9/h4-5,8H,6-7H2,1-3H3. The highest BCUT2D eigenvalue weighted by atomic mass is 32.2. The van der Waals surface area contributed by atoms with Crippen molar-refractivity contribution in [2.75, 3.05) is 7.11 Å². The number of ether oxygens (including phenoxy) is 1. The van der Waals surface area contributed by atoms with Crippen molar-refractivity contribution >= 4 is 17.7 Å². The predicted molar refractivity (Wildman–Crippen MR) is 60.6 cm³/mol. The van der Waals surface area contributed by atoms with Crippen molar-refractivity contribution in [2.45, 2.75) is 24.3 Å². The lowest BCUT2D eigenvalue weighted by atomic mass is 10.3. The normalized spacial score (nSPS) is 12.5. The van der Waals surface area contributed by atoms with Crippen molar-refractivity contribution in [2.24, 2.45) is 7.05 Å². The number of carbonyl (C=O) groups is 1. The SMILES string of the molecule is COC(=O)CC(C)SCc1ccn(C)n1. The van der Waals surface area contributed by atoms with Gasteiger partial charge in [-0.05, 0) is 6.07 Å². The molecule has 0 aliphatic rings. The minimum Gasteiger partial charge on any atom is -0.469 e. The molecular formula is C10H16N2O2S. The van der Waals surface area contributed by atoms with Crippen molar-refractivity contribution in [3.05, 3.63) is 18.0 Å². The first-order valence-electron chi connectivity index (χ1n) is 4.78. The van der Waals surface area contributed by atoms with Crippen molar-refractivity contribution in [1.29, 1.82) is 0 Å². The molecule has 1 heterocycles. The molecule has 0 aromatic carbocycles. The third-order valence-electron chi connectivity index (χ3n) is 1.97. The average Bonchev–Trinajstić information content (AvgIpc) is 2.61. The van der Waals surface area contributed by atoms with Crippen LogP contribution in [-0.4, -0.2) is 28.1 Å². The lowest BCUT2D eigenvalue weighted by Crippen LogP contribution is -2.08. The second-order valence-electron chi connectivity index (χ2n) is 3.38. The molecule has 4 nitrogen and oxygen atoms in total. The van der Waals surface area contributed by atoms with E-state index in [1.165, 1.54) is 7.11 Å². The lowest BCUT2D eigenvalue weighted by molar-refractivity contribution is -0.140. The summed E-state index contributed by atoms with van der Waals surface area (Å²) in [6.45, 7) is 2.02. The fraction of sp³-hybridized carbons (Fsp3) is 0.600. The molecule has 0 bridgehead atoms. The third-order valence-corrected chi connectivity index (χ3v) is 3.16. The number of methoxy groups -OCH3 is 1. The first-order valence-corrected chi connectivity index (χ1v) is 5.83. The molecule has 0 fully saturated rings. The van der Waals surface area contributed by atoms with E-state index in [-0.39, 0.29) is 11.2 Å². The predicted octanol–water partition coefficient (Wildman–Crippen LogP) is 1.60. The Morgan fingerprint density at radius 2 is 2.47 bits per heavy atom. The van der Waals surface area contributed by atoms with E-state index in [1.807, 2.05) is 26.2 Å². The van der Waals surface area contributed by atoms with Crippen LogP contribution in [0.2, 0.25) is 0 Å². The Bertz CT molecular complexity index is 325. The van der Waals surface area contributed by atoms with Crippen LogP contribution in [0.1, 0.15) is 19.0 Å². The van der Waals surface area contributed by atoms with E-state index in [0.717, 1.165) is 11.4 Å². The highest BCUT2D eigenvalue weighted by Crippen LogP contribution is 2.19. The Morgan fingerprint density at radius 3 is 3.00 bits per heavy atom. The maximum absolute atomic E-state index is 11.0. The van der Waals surface area contributed by atoms with Crippen molar-refractivity contribution in [3.63, 3.8) is 0 Å². The van der Waals surface area contributed by atoms with E-state index in [1.54, 1.807) is 16.4 Å². The molecule has 84 valence electrons. The summed E-state index contributed by atoms with van der Waals surface area (Å²) in [5.74, 6) is 0.676. The van der Waals surface area contributed by atoms with Crippen LogP contribution in [0.5, 0.6) is 0 Å². The van der Waals surface area contributed by atoms with Gasteiger partial charge in [-0.3, -0.25) is 9.48 Å². The highest BCUT2D eigenvalue weighted by Gasteiger charge is 2.10. The maximum Gasteiger partial charge on any atom is 0.306 e. The van der Waals surface area contributed by atoms with Gasteiger partial charge in [-0.2, -0.15) is 16.9 Å². The molecular weight excluding hydrogens is 212 g/mol. The highest BCUT2D eigenvalue weighted by molar-refractivity contribution is 7.99. The number of rotatable bonds is 5. The molecule has 0 saturated heterocycles. The number of thioether (sulfide) groups is 1. The summed E-state index contributed by atoms with van der Waals surface area (Å²) in [5.41, 5.74) is 1.04. The van der Waals surface area contributed by atoms with Gasteiger partial charge in [-0.25, -0.2) is 0 Å². The number of hydrogen-bond acceptors (Lipinski definition) is 4. The molecule has 0 saturated carbocycles. The summed E-state index contributed by atoms with van der Waals surface area (Å²) in [7, 11) is 3.31. The Labute approximate surface area is 94.0 Å². The van der Waals surface area contributed by atoms with Gasteiger partial charge in [0.15, 0.2) is 0 Å². The van der Waals surface area contributed by atoms with Gasteiger partial charge in [-0.1, -0.05) is 6.92 Å². The monoisotopic (exact) mass is 228 g/mol. The zero-order valence-corrected chi connectivity index (χ0v) is 10.1. The van der Waals surface area contributed by atoms with E-state index in [4.69, 9.17) is 0 Å². The summed E-state index contributed by atoms with van der Waals surface area (Å²) in [4.78, 5) is 11.0. The summed E-state index contributed by atoms with van der Waals surface area (Å²) in [6.07, 6.45) is 2.37. The van der Waals surface area contributed by atoms with Crippen LogP contribution in [-0.2, 0) is 22.3 Å². The minimum absolute atomic E-state index is 0.156. The van der Waals surface area contributed by atoms with Crippen molar-refractivity contribution in [3.8, 4) is 0 Å². The topological polar surface area (TPSA) is 44.1 Å². The maximum atomic E-state index is 11.0. The largest absolute Gasteiger partial charge is 0.469 e. The fourth-order valence-corrected chi connectivity index (χ4v) is 2.01. The molecule has 15 heavy (non-hydrogen) atoms. The fourth-order valence-electron chi connectivity index (χ4n) is 1.14. The summed E-state index contributed by atoms with van der Waals surface area (Å²) < 4.78 is 6.38. The van der Waals surface area contributed by atoms with Gasteiger partial charge < -0.3 is 4.74 Å². The molecule has 5 heteroatoms. The number of hydrogen-bond donors (Lipinski definition) is 0. The third kappa shape index (κ3) is 4.38. The molecule has 0 amide bonds. The van der Waals surface area contributed by atoms with Crippen LogP contribution < -0.4 is 0 Å². The van der Waals surface area contributed by atoms with E-state index in [2.05, 4.69) is 9.84 Å². The number of esters is 1.